The van der Waals surface area contributed by atoms with Gasteiger partial charge in [-0.1, -0.05) is 90.4 Å². The molecule has 0 aliphatic carbocycles. The predicted molar refractivity (Wildman–Crippen MR) is 109 cm³/mol. The molecule has 1 heterocycles. The minimum Gasteiger partial charge on any atom is -0.394 e. The lowest BCUT2D eigenvalue weighted by Crippen LogP contribution is -2.42. The standard InChI is InChI=1S/C22H44O5/c1-2-3-4-5-6-7-8-9-10-11-12-13-14-15-16-26-20(17-23)22-21(25)19(24)18-27-22/h19-25H,2-18H2,1H3/t19-,20+,21+,22+/m0/s1. The van der Waals surface area contributed by atoms with Crippen molar-refractivity contribution in [3.05, 3.63) is 0 Å². The molecule has 1 rings (SSSR count). The fourth-order valence-electron chi connectivity index (χ4n) is 3.74. The highest BCUT2D eigenvalue weighted by Crippen LogP contribution is 2.20. The average Bonchev–Trinajstić information content (AvgIpc) is 3.00. The molecular weight excluding hydrogens is 344 g/mol. The first kappa shape index (κ1) is 24.8. The zero-order chi connectivity index (χ0) is 19.7. The van der Waals surface area contributed by atoms with Crippen LogP contribution in [0.2, 0.25) is 0 Å². The van der Waals surface area contributed by atoms with Crippen LogP contribution in [-0.4, -0.2) is 59.6 Å². The quantitative estimate of drug-likeness (QED) is 0.310. The Morgan fingerprint density at radius 3 is 1.70 bits per heavy atom. The largest absolute Gasteiger partial charge is 0.394 e. The van der Waals surface area contributed by atoms with E-state index >= 15 is 0 Å². The third-order valence-corrected chi connectivity index (χ3v) is 5.57. The summed E-state index contributed by atoms with van der Waals surface area (Å²) in [6.45, 7) is 2.73. The second kappa shape index (κ2) is 16.7. The number of hydrogen-bond donors (Lipinski definition) is 3. The number of rotatable bonds is 18. The molecule has 3 N–H and O–H groups in total. The molecule has 0 unspecified atom stereocenters. The summed E-state index contributed by atoms with van der Waals surface area (Å²) in [6.07, 6.45) is 15.4. The van der Waals surface area contributed by atoms with Crippen LogP contribution in [0.3, 0.4) is 0 Å². The van der Waals surface area contributed by atoms with E-state index in [1.807, 2.05) is 0 Å². The van der Waals surface area contributed by atoms with Gasteiger partial charge in [0, 0.05) is 6.61 Å². The van der Waals surface area contributed by atoms with Gasteiger partial charge in [-0.15, -0.1) is 0 Å². The lowest BCUT2D eigenvalue weighted by Gasteiger charge is -2.24. The summed E-state index contributed by atoms with van der Waals surface area (Å²) in [4.78, 5) is 0. The average molecular weight is 389 g/mol. The monoisotopic (exact) mass is 388 g/mol. The lowest BCUT2D eigenvalue weighted by molar-refractivity contribution is -0.101. The second-order valence-electron chi connectivity index (χ2n) is 8.04. The molecule has 1 fully saturated rings. The number of aliphatic hydroxyl groups excluding tert-OH is 3. The van der Waals surface area contributed by atoms with Crippen LogP contribution in [0.1, 0.15) is 96.8 Å². The molecule has 5 heteroatoms. The highest BCUT2D eigenvalue weighted by Gasteiger charge is 2.40. The lowest BCUT2D eigenvalue weighted by atomic mass is 10.0. The SMILES string of the molecule is CCCCCCCCCCCCCCCCO[C@H](CO)[C@H]1OC[C@H](O)[C@H]1O. The first-order chi connectivity index (χ1) is 13.2. The first-order valence-electron chi connectivity index (χ1n) is 11.4. The topological polar surface area (TPSA) is 79.2 Å². The van der Waals surface area contributed by atoms with Crippen LogP contribution in [0, 0.1) is 0 Å². The summed E-state index contributed by atoms with van der Waals surface area (Å²) in [6, 6.07) is 0. The van der Waals surface area contributed by atoms with Gasteiger partial charge in [-0.05, 0) is 6.42 Å². The van der Waals surface area contributed by atoms with Gasteiger partial charge in [0.05, 0.1) is 13.2 Å². The fraction of sp³-hybridized carbons (Fsp3) is 1.00. The number of hydrogen-bond acceptors (Lipinski definition) is 5. The molecular formula is C22H44O5. The first-order valence-corrected chi connectivity index (χ1v) is 11.4. The zero-order valence-electron chi connectivity index (χ0n) is 17.5. The summed E-state index contributed by atoms with van der Waals surface area (Å²) < 4.78 is 11.0. The summed E-state index contributed by atoms with van der Waals surface area (Å²) in [5.41, 5.74) is 0. The van der Waals surface area contributed by atoms with Crippen molar-refractivity contribution in [2.45, 2.75) is 121 Å². The Hall–Kier alpha value is -0.200. The van der Waals surface area contributed by atoms with Gasteiger partial charge in [0.1, 0.15) is 24.4 Å². The molecule has 1 saturated heterocycles. The molecule has 0 bridgehead atoms. The number of ether oxygens (including phenoxy) is 2. The normalized spacial score (nSPS) is 23.8. The minimum atomic E-state index is -0.974. The minimum absolute atomic E-state index is 0.102. The molecule has 5 nitrogen and oxygen atoms in total. The molecule has 1 aliphatic heterocycles. The van der Waals surface area contributed by atoms with E-state index in [4.69, 9.17) is 9.47 Å². The maximum atomic E-state index is 9.82. The molecule has 0 amide bonds. The number of unbranched alkanes of at least 4 members (excludes halogenated alkanes) is 13. The van der Waals surface area contributed by atoms with E-state index in [0.717, 1.165) is 12.8 Å². The third-order valence-electron chi connectivity index (χ3n) is 5.57. The van der Waals surface area contributed by atoms with Crippen LogP contribution >= 0.6 is 0 Å². The highest BCUT2D eigenvalue weighted by molar-refractivity contribution is 4.88. The van der Waals surface area contributed by atoms with Crippen molar-refractivity contribution in [3.8, 4) is 0 Å². The van der Waals surface area contributed by atoms with Crippen molar-refractivity contribution in [1.29, 1.82) is 0 Å². The van der Waals surface area contributed by atoms with E-state index < -0.39 is 24.4 Å². The summed E-state index contributed by atoms with van der Waals surface area (Å²) in [5.74, 6) is 0. The fourth-order valence-corrected chi connectivity index (χ4v) is 3.74. The van der Waals surface area contributed by atoms with Gasteiger partial charge >= 0.3 is 0 Å². The third kappa shape index (κ3) is 11.4. The molecule has 4 atom stereocenters. The maximum Gasteiger partial charge on any atom is 0.114 e. The van der Waals surface area contributed by atoms with Gasteiger partial charge in [-0.2, -0.15) is 0 Å². The molecule has 162 valence electrons. The Morgan fingerprint density at radius 2 is 1.30 bits per heavy atom. The Balaban J connectivity index is 1.85. The van der Waals surface area contributed by atoms with Crippen LogP contribution in [-0.2, 0) is 9.47 Å². The zero-order valence-corrected chi connectivity index (χ0v) is 17.5. The molecule has 0 spiro atoms. The Labute approximate surface area is 166 Å². The molecule has 0 radical (unpaired) electrons. The van der Waals surface area contributed by atoms with Gasteiger partial charge < -0.3 is 24.8 Å². The second-order valence-corrected chi connectivity index (χ2v) is 8.04. The summed E-state index contributed by atoms with van der Waals surface area (Å²) in [5, 5.41) is 28.7. The van der Waals surface area contributed by atoms with Gasteiger partial charge in [-0.25, -0.2) is 0 Å². The predicted octanol–water partition coefficient (Wildman–Crippen LogP) is 3.97. The smallest absolute Gasteiger partial charge is 0.114 e. The van der Waals surface area contributed by atoms with E-state index in [9.17, 15) is 15.3 Å². The van der Waals surface area contributed by atoms with Crippen LogP contribution in [0.25, 0.3) is 0 Å². The van der Waals surface area contributed by atoms with Crippen molar-refractivity contribution in [1.82, 2.24) is 0 Å². The van der Waals surface area contributed by atoms with Crippen LogP contribution in [0.15, 0.2) is 0 Å². The van der Waals surface area contributed by atoms with E-state index in [2.05, 4.69) is 6.92 Å². The molecule has 0 aromatic heterocycles. The van der Waals surface area contributed by atoms with Crippen molar-refractivity contribution in [3.63, 3.8) is 0 Å². The Morgan fingerprint density at radius 1 is 0.815 bits per heavy atom. The highest BCUT2D eigenvalue weighted by atomic mass is 16.6. The van der Waals surface area contributed by atoms with Crippen LogP contribution < -0.4 is 0 Å². The number of aliphatic hydroxyl groups is 3. The summed E-state index contributed by atoms with van der Waals surface area (Å²) >= 11 is 0. The van der Waals surface area contributed by atoms with Crippen molar-refractivity contribution in [2.75, 3.05) is 19.8 Å². The van der Waals surface area contributed by atoms with Gasteiger partial charge in [-0.3, -0.25) is 0 Å². The Kier molecular flexibility index (Phi) is 15.4. The van der Waals surface area contributed by atoms with Gasteiger partial charge in [0.25, 0.3) is 0 Å². The molecule has 0 aromatic rings. The van der Waals surface area contributed by atoms with Crippen molar-refractivity contribution >= 4 is 0 Å². The molecule has 0 aromatic carbocycles. The van der Waals surface area contributed by atoms with E-state index in [1.165, 1.54) is 77.0 Å². The van der Waals surface area contributed by atoms with E-state index in [0.29, 0.717) is 6.61 Å². The van der Waals surface area contributed by atoms with Crippen LogP contribution in [0.4, 0.5) is 0 Å². The molecule has 0 saturated carbocycles. The molecule has 1 aliphatic rings. The maximum absolute atomic E-state index is 9.82. The van der Waals surface area contributed by atoms with Crippen LogP contribution in [0.5, 0.6) is 0 Å². The summed E-state index contributed by atoms with van der Waals surface area (Å²) in [7, 11) is 0. The van der Waals surface area contributed by atoms with Crippen molar-refractivity contribution in [2.24, 2.45) is 0 Å². The van der Waals surface area contributed by atoms with Gasteiger partial charge in [0.15, 0.2) is 0 Å². The van der Waals surface area contributed by atoms with E-state index in [-0.39, 0.29) is 13.2 Å². The van der Waals surface area contributed by atoms with Gasteiger partial charge in [0.2, 0.25) is 0 Å². The Bertz CT molecular complexity index is 326. The van der Waals surface area contributed by atoms with Crippen molar-refractivity contribution < 1.29 is 24.8 Å². The molecule has 27 heavy (non-hydrogen) atoms. The van der Waals surface area contributed by atoms with E-state index in [1.54, 1.807) is 0 Å².